The van der Waals surface area contributed by atoms with Gasteiger partial charge >= 0.3 is 0 Å². The van der Waals surface area contributed by atoms with Crippen molar-refractivity contribution in [1.82, 2.24) is 14.5 Å². The van der Waals surface area contributed by atoms with E-state index in [1.165, 1.54) is 68.2 Å². The van der Waals surface area contributed by atoms with Gasteiger partial charge in [0.25, 0.3) is 0 Å². The highest BCUT2D eigenvalue weighted by Gasteiger charge is 2.28. The van der Waals surface area contributed by atoms with E-state index in [9.17, 15) is 5.11 Å². The summed E-state index contributed by atoms with van der Waals surface area (Å²) in [6.07, 6.45) is 14.9. The Morgan fingerprint density at radius 3 is 2.36 bits per heavy atom. The van der Waals surface area contributed by atoms with Crippen LogP contribution in [-0.4, -0.2) is 26.1 Å². The third kappa shape index (κ3) is 7.00. The molecule has 0 aliphatic heterocycles. The Balaban J connectivity index is 1.72. The van der Waals surface area contributed by atoms with Gasteiger partial charge in [-0.25, -0.2) is 4.98 Å². The van der Waals surface area contributed by atoms with Crippen molar-refractivity contribution in [3.8, 4) is 17.1 Å². The zero-order valence-electron chi connectivity index (χ0n) is 22.4. The van der Waals surface area contributed by atoms with Gasteiger partial charge in [-0.1, -0.05) is 94.8 Å². The van der Waals surface area contributed by atoms with Crippen LogP contribution in [0.3, 0.4) is 0 Å². The molecule has 1 N–H and O–H groups in total. The molecule has 1 aliphatic carbocycles. The molecule has 4 heteroatoms. The average Bonchev–Trinajstić information content (AvgIpc) is 3.33. The molecule has 0 bridgehead atoms. The van der Waals surface area contributed by atoms with Gasteiger partial charge in [0.05, 0.1) is 17.9 Å². The molecule has 4 rings (SSSR count). The standard InChI is InChI=1S/C32H45N3O/c1-3-5-17-30(31-23-33-32(35(31)22-6-4-2)28-15-11-8-12-16-28)34(24-26-13-9-7-10-14-26)25-27-18-20-29(36)21-19-27/h8,11-12,15-16,18-21,23,26,30,36H,3-7,9-10,13-14,17,22,24-25H2,1-2H3. The number of hydrogen-bond donors (Lipinski definition) is 1. The first kappa shape index (κ1) is 26.5. The summed E-state index contributed by atoms with van der Waals surface area (Å²) >= 11 is 0. The van der Waals surface area contributed by atoms with Gasteiger partial charge in [-0.2, -0.15) is 0 Å². The van der Waals surface area contributed by atoms with Crippen LogP contribution in [0.25, 0.3) is 11.4 Å². The summed E-state index contributed by atoms with van der Waals surface area (Å²) in [6, 6.07) is 18.8. The molecule has 1 atom stereocenters. The van der Waals surface area contributed by atoms with Crippen LogP contribution >= 0.6 is 0 Å². The number of phenols is 1. The second kappa shape index (κ2) is 13.6. The summed E-state index contributed by atoms with van der Waals surface area (Å²) in [5, 5.41) is 9.86. The van der Waals surface area contributed by atoms with Gasteiger partial charge in [0.1, 0.15) is 11.6 Å². The van der Waals surface area contributed by atoms with Gasteiger partial charge in [-0.15, -0.1) is 0 Å². The molecule has 194 valence electrons. The van der Waals surface area contributed by atoms with Crippen LogP contribution in [0, 0.1) is 5.92 Å². The summed E-state index contributed by atoms with van der Waals surface area (Å²) < 4.78 is 2.52. The van der Waals surface area contributed by atoms with E-state index in [0.717, 1.165) is 44.2 Å². The molecule has 1 saturated carbocycles. The Hall–Kier alpha value is -2.59. The fraction of sp³-hybridized carbons (Fsp3) is 0.531. The normalized spacial score (nSPS) is 15.4. The van der Waals surface area contributed by atoms with E-state index in [0.29, 0.717) is 11.8 Å². The third-order valence-electron chi connectivity index (χ3n) is 7.81. The summed E-state index contributed by atoms with van der Waals surface area (Å²) in [5.41, 5.74) is 3.84. The van der Waals surface area contributed by atoms with Gasteiger partial charge in [-0.05, 0) is 49.3 Å². The summed E-state index contributed by atoms with van der Waals surface area (Å²) in [5.74, 6) is 2.20. The van der Waals surface area contributed by atoms with Crippen molar-refractivity contribution in [3.05, 3.63) is 72.1 Å². The zero-order chi connectivity index (χ0) is 25.2. The summed E-state index contributed by atoms with van der Waals surface area (Å²) in [7, 11) is 0. The molecule has 1 aliphatic rings. The van der Waals surface area contributed by atoms with Crippen molar-refractivity contribution in [3.63, 3.8) is 0 Å². The van der Waals surface area contributed by atoms with Crippen molar-refractivity contribution >= 4 is 0 Å². The molecule has 1 unspecified atom stereocenters. The van der Waals surface area contributed by atoms with E-state index in [1.54, 1.807) is 0 Å². The van der Waals surface area contributed by atoms with Crippen molar-refractivity contribution in [2.24, 2.45) is 5.92 Å². The lowest BCUT2D eigenvalue weighted by atomic mass is 9.88. The predicted molar refractivity (Wildman–Crippen MR) is 150 cm³/mol. The van der Waals surface area contributed by atoms with Crippen molar-refractivity contribution in [2.75, 3.05) is 6.54 Å². The average molecular weight is 488 g/mol. The first-order valence-electron chi connectivity index (χ1n) is 14.3. The second-order valence-electron chi connectivity index (χ2n) is 10.6. The highest BCUT2D eigenvalue weighted by molar-refractivity contribution is 5.56. The zero-order valence-corrected chi connectivity index (χ0v) is 22.4. The van der Waals surface area contributed by atoms with Crippen LogP contribution < -0.4 is 0 Å². The number of aromatic nitrogens is 2. The number of phenolic OH excluding ortho intramolecular Hbond substituents is 1. The Bertz CT molecular complexity index is 1020. The largest absolute Gasteiger partial charge is 0.508 e. The van der Waals surface area contributed by atoms with Gasteiger partial charge in [0, 0.05) is 25.2 Å². The minimum Gasteiger partial charge on any atom is -0.508 e. The fourth-order valence-electron chi connectivity index (χ4n) is 5.78. The lowest BCUT2D eigenvalue weighted by Crippen LogP contribution is -2.35. The minimum absolute atomic E-state index is 0.336. The van der Waals surface area contributed by atoms with Crippen molar-refractivity contribution in [2.45, 2.75) is 97.2 Å². The molecule has 2 aromatic carbocycles. The van der Waals surface area contributed by atoms with Gasteiger partial charge in [0.2, 0.25) is 0 Å². The van der Waals surface area contributed by atoms with Gasteiger partial charge in [-0.3, -0.25) is 4.90 Å². The molecule has 1 heterocycles. The second-order valence-corrected chi connectivity index (χ2v) is 10.6. The highest BCUT2D eigenvalue weighted by Crippen LogP contribution is 2.35. The Morgan fingerprint density at radius 2 is 1.67 bits per heavy atom. The van der Waals surface area contributed by atoms with Crippen LogP contribution in [0.4, 0.5) is 0 Å². The maximum absolute atomic E-state index is 9.86. The molecule has 36 heavy (non-hydrogen) atoms. The lowest BCUT2D eigenvalue weighted by molar-refractivity contribution is 0.127. The molecule has 4 nitrogen and oxygen atoms in total. The molecule has 0 spiro atoms. The molecular formula is C32H45N3O. The lowest BCUT2D eigenvalue weighted by Gasteiger charge is -2.36. The van der Waals surface area contributed by atoms with E-state index in [1.807, 2.05) is 12.1 Å². The minimum atomic E-state index is 0.336. The number of aromatic hydroxyl groups is 1. The smallest absolute Gasteiger partial charge is 0.140 e. The Morgan fingerprint density at radius 1 is 0.944 bits per heavy atom. The highest BCUT2D eigenvalue weighted by atomic mass is 16.3. The molecule has 0 saturated heterocycles. The van der Waals surface area contributed by atoms with Gasteiger partial charge in [0.15, 0.2) is 0 Å². The van der Waals surface area contributed by atoms with Crippen LogP contribution in [0.5, 0.6) is 5.75 Å². The van der Waals surface area contributed by atoms with Crippen LogP contribution in [0.1, 0.15) is 95.4 Å². The molecular weight excluding hydrogens is 442 g/mol. The maximum Gasteiger partial charge on any atom is 0.140 e. The molecule has 3 aromatic rings. The SMILES string of the molecule is CCCCC(c1cnc(-c2ccccc2)n1CCCC)N(Cc1ccc(O)cc1)CC1CCCCC1. The number of imidazole rings is 1. The maximum atomic E-state index is 9.86. The van der Waals surface area contributed by atoms with Crippen LogP contribution in [0.15, 0.2) is 60.8 Å². The van der Waals surface area contributed by atoms with E-state index in [-0.39, 0.29) is 0 Å². The van der Waals surface area contributed by atoms with Crippen molar-refractivity contribution < 1.29 is 5.11 Å². The number of nitrogens with zero attached hydrogens (tertiary/aromatic N) is 3. The fourth-order valence-corrected chi connectivity index (χ4v) is 5.78. The first-order chi connectivity index (χ1) is 17.7. The quantitative estimate of drug-likeness (QED) is 0.263. The third-order valence-corrected chi connectivity index (χ3v) is 7.81. The molecule has 0 amide bonds. The Kier molecular flexibility index (Phi) is 10.0. The summed E-state index contributed by atoms with van der Waals surface area (Å²) in [6.45, 7) is 7.62. The Labute approximate surface area is 218 Å². The predicted octanol–water partition coefficient (Wildman–Crippen LogP) is 8.37. The molecule has 1 fully saturated rings. The number of unbranched alkanes of at least 4 members (excludes halogenated alkanes) is 2. The summed E-state index contributed by atoms with van der Waals surface area (Å²) in [4.78, 5) is 7.76. The first-order valence-corrected chi connectivity index (χ1v) is 14.3. The molecule has 1 aromatic heterocycles. The van der Waals surface area contributed by atoms with E-state index in [4.69, 9.17) is 4.98 Å². The van der Waals surface area contributed by atoms with Crippen LogP contribution in [-0.2, 0) is 13.1 Å². The van der Waals surface area contributed by atoms with E-state index in [2.05, 4.69) is 72.0 Å². The number of benzene rings is 2. The monoisotopic (exact) mass is 487 g/mol. The van der Waals surface area contributed by atoms with E-state index < -0.39 is 0 Å². The van der Waals surface area contributed by atoms with Crippen LogP contribution in [0.2, 0.25) is 0 Å². The molecule has 0 radical (unpaired) electrons. The number of rotatable bonds is 13. The van der Waals surface area contributed by atoms with E-state index >= 15 is 0 Å². The topological polar surface area (TPSA) is 41.3 Å². The van der Waals surface area contributed by atoms with Crippen molar-refractivity contribution in [1.29, 1.82) is 0 Å². The number of hydrogen-bond acceptors (Lipinski definition) is 3. The van der Waals surface area contributed by atoms with Gasteiger partial charge < -0.3 is 9.67 Å².